The maximum Gasteiger partial charge on any atom is 0.332 e. The monoisotopic (exact) mass is 416 g/mol. The van der Waals surface area contributed by atoms with Crippen LogP contribution in [0.25, 0.3) is 0 Å². The Kier molecular flexibility index (Phi) is 4.29. The minimum Gasteiger partial charge on any atom is -0.296 e. The third kappa shape index (κ3) is 2.96. The standard InChI is InChI=1S/C18H20N6O2S2/c1-12-20-13(10-28-12)8-24-16(26)15(25)23-6-3-18(17(23)21-24)2-5-22(11-18)9-14-19-4-7-27-14/h4,7,10H,2-3,5-6,8-9,11H2,1H3. The zero-order chi connectivity index (χ0) is 19.3. The van der Waals surface area contributed by atoms with Crippen molar-refractivity contribution in [1.29, 1.82) is 0 Å². The fraction of sp³-hybridized carbons (Fsp3) is 0.500. The van der Waals surface area contributed by atoms with Crippen molar-refractivity contribution in [1.82, 2.24) is 29.2 Å². The minimum atomic E-state index is -0.566. The van der Waals surface area contributed by atoms with Gasteiger partial charge in [-0.3, -0.25) is 19.1 Å². The fourth-order valence-electron chi connectivity index (χ4n) is 4.32. The average molecular weight is 417 g/mol. The molecular formula is C18H20N6O2S2. The van der Waals surface area contributed by atoms with E-state index in [1.54, 1.807) is 15.9 Å². The van der Waals surface area contributed by atoms with Gasteiger partial charge < -0.3 is 0 Å². The number of fused-ring (bicyclic) bond motifs is 2. The van der Waals surface area contributed by atoms with Crippen LogP contribution in [-0.4, -0.2) is 42.3 Å². The zero-order valence-electron chi connectivity index (χ0n) is 15.5. The molecule has 146 valence electrons. The minimum absolute atomic E-state index is 0.163. The van der Waals surface area contributed by atoms with E-state index in [0.717, 1.165) is 54.0 Å². The number of aromatic nitrogens is 5. The van der Waals surface area contributed by atoms with Crippen molar-refractivity contribution < 1.29 is 0 Å². The summed E-state index contributed by atoms with van der Waals surface area (Å²) in [6.45, 7) is 5.34. The van der Waals surface area contributed by atoms with Gasteiger partial charge in [0.15, 0.2) is 0 Å². The summed E-state index contributed by atoms with van der Waals surface area (Å²) in [4.78, 5) is 36.4. The Morgan fingerprint density at radius 1 is 1.14 bits per heavy atom. The molecule has 0 N–H and O–H groups in total. The Balaban J connectivity index is 1.47. The third-order valence-electron chi connectivity index (χ3n) is 5.68. The van der Waals surface area contributed by atoms with E-state index >= 15 is 0 Å². The largest absolute Gasteiger partial charge is 0.332 e. The average Bonchev–Trinajstić information content (AvgIpc) is 3.45. The van der Waals surface area contributed by atoms with Gasteiger partial charge in [0.05, 0.1) is 23.8 Å². The van der Waals surface area contributed by atoms with Crippen molar-refractivity contribution >= 4 is 22.7 Å². The fourth-order valence-corrected chi connectivity index (χ4v) is 5.58. The highest BCUT2D eigenvalue weighted by Gasteiger charge is 2.47. The van der Waals surface area contributed by atoms with Crippen molar-refractivity contribution in [2.45, 2.75) is 44.8 Å². The topological polar surface area (TPSA) is 85.9 Å². The number of likely N-dealkylation sites (tertiary alicyclic amines) is 1. The molecule has 0 radical (unpaired) electrons. The SMILES string of the molecule is Cc1nc(Cn2nc3n(c(=O)c2=O)CCC32CCN(Cc3nccs3)C2)cs1. The second-order valence-corrected chi connectivity index (χ2v) is 9.56. The van der Waals surface area contributed by atoms with Gasteiger partial charge in [0.25, 0.3) is 0 Å². The van der Waals surface area contributed by atoms with E-state index in [2.05, 4.69) is 20.0 Å². The van der Waals surface area contributed by atoms with Crippen LogP contribution >= 0.6 is 22.7 Å². The Morgan fingerprint density at radius 2 is 2.00 bits per heavy atom. The van der Waals surface area contributed by atoms with E-state index in [4.69, 9.17) is 0 Å². The summed E-state index contributed by atoms with van der Waals surface area (Å²) in [5, 5.41) is 10.6. The van der Waals surface area contributed by atoms with Gasteiger partial charge in [0.1, 0.15) is 10.8 Å². The van der Waals surface area contributed by atoms with E-state index in [1.165, 1.54) is 16.0 Å². The summed E-state index contributed by atoms with van der Waals surface area (Å²) in [6, 6.07) is 0. The number of thiazole rings is 2. The first-order valence-corrected chi connectivity index (χ1v) is 11.0. The van der Waals surface area contributed by atoms with E-state index in [0.29, 0.717) is 6.54 Å². The van der Waals surface area contributed by atoms with Crippen LogP contribution in [0.2, 0.25) is 0 Å². The van der Waals surface area contributed by atoms with E-state index in [9.17, 15) is 9.59 Å². The number of rotatable bonds is 4. The molecule has 1 atom stereocenters. The summed E-state index contributed by atoms with van der Waals surface area (Å²) >= 11 is 3.19. The predicted molar refractivity (Wildman–Crippen MR) is 107 cm³/mol. The van der Waals surface area contributed by atoms with Gasteiger partial charge in [-0.2, -0.15) is 5.10 Å². The number of hydrogen-bond donors (Lipinski definition) is 0. The van der Waals surface area contributed by atoms with Crippen LogP contribution in [-0.2, 0) is 25.0 Å². The lowest BCUT2D eigenvalue weighted by Gasteiger charge is -2.23. The van der Waals surface area contributed by atoms with Crippen molar-refractivity contribution in [3.8, 4) is 0 Å². The molecule has 1 fully saturated rings. The molecule has 0 aliphatic carbocycles. The normalized spacial score (nSPS) is 21.6. The van der Waals surface area contributed by atoms with Gasteiger partial charge in [-0.25, -0.2) is 14.6 Å². The summed E-state index contributed by atoms with van der Waals surface area (Å²) in [6.07, 6.45) is 3.62. The molecule has 3 aromatic heterocycles. The molecule has 0 bridgehead atoms. The molecule has 0 saturated carbocycles. The van der Waals surface area contributed by atoms with Crippen molar-refractivity contribution in [2.75, 3.05) is 13.1 Å². The van der Waals surface area contributed by atoms with E-state index < -0.39 is 11.1 Å². The summed E-state index contributed by atoms with van der Waals surface area (Å²) in [5.74, 6) is 0.755. The Hall–Kier alpha value is -2.17. The predicted octanol–water partition coefficient (Wildman–Crippen LogP) is 1.22. The highest BCUT2D eigenvalue weighted by Crippen LogP contribution is 2.40. The van der Waals surface area contributed by atoms with Crippen LogP contribution in [0.5, 0.6) is 0 Å². The first-order chi connectivity index (χ1) is 13.5. The second kappa shape index (κ2) is 6.71. The first-order valence-electron chi connectivity index (χ1n) is 9.28. The molecular weight excluding hydrogens is 396 g/mol. The van der Waals surface area contributed by atoms with E-state index in [-0.39, 0.29) is 12.0 Å². The van der Waals surface area contributed by atoms with Crippen LogP contribution in [0.3, 0.4) is 0 Å². The summed E-state index contributed by atoms with van der Waals surface area (Å²) in [7, 11) is 0. The van der Waals surface area contributed by atoms with Gasteiger partial charge in [-0.05, 0) is 26.3 Å². The molecule has 2 aliphatic heterocycles. The molecule has 8 nitrogen and oxygen atoms in total. The number of nitrogens with zero attached hydrogens (tertiary/aromatic N) is 6. The van der Waals surface area contributed by atoms with Crippen LogP contribution in [0.4, 0.5) is 0 Å². The van der Waals surface area contributed by atoms with E-state index in [1.807, 2.05) is 23.9 Å². The number of hydrogen-bond acceptors (Lipinski definition) is 8. The Labute approximate surface area is 169 Å². The maximum absolute atomic E-state index is 12.7. The van der Waals surface area contributed by atoms with Crippen molar-refractivity contribution in [3.63, 3.8) is 0 Å². The van der Waals surface area contributed by atoms with Gasteiger partial charge in [-0.1, -0.05) is 0 Å². The van der Waals surface area contributed by atoms with Crippen LogP contribution in [0.15, 0.2) is 26.5 Å². The third-order valence-corrected chi connectivity index (χ3v) is 7.26. The van der Waals surface area contributed by atoms with Gasteiger partial charge >= 0.3 is 11.1 Å². The lowest BCUT2D eigenvalue weighted by molar-refractivity contribution is 0.297. The lowest BCUT2D eigenvalue weighted by Crippen LogP contribution is -2.45. The maximum atomic E-state index is 12.7. The molecule has 3 aromatic rings. The smallest absolute Gasteiger partial charge is 0.296 e. The Morgan fingerprint density at radius 3 is 2.75 bits per heavy atom. The van der Waals surface area contributed by atoms with Crippen LogP contribution < -0.4 is 11.1 Å². The van der Waals surface area contributed by atoms with Crippen LogP contribution in [0, 0.1) is 6.92 Å². The highest BCUT2D eigenvalue weighted by atomic mass is 32.1. The van der Waals surface area contributed by atoms with Crippen molar-refractivity contribution in [3.05, 3.63) is 59.2 Å². The van der Waals surface area contributed by atoms with Crippen molar-refractivity contribution in [2.24, 2.45) is 0 Å². The molecule has 0 amide bonds. The van der Waals surface area contributed by atoms with Gasteiger partial charge in [0, 0.05) is 35.5 Å². The molecule has 5 rings (SSSR count). The zero-order valence-corrected chi connectivity index (χ0v) is 17.1. The molecule has 2 aliphatic rings. The molecule has 1 spiro atoms. The van der Waals surface area contributed by atoms with Crippen LogP contribution in [0.1, 0.15) is 34.4 Å². The first kappa shape index (κ1) is 17.9. The highest BCUT2D eigenvalue weighted by molar-refractivity contribution is 7.09. The Bertz CT molecular complexity index is 1130. The molecule has 10 heteroatoms. The van der Waals surface area contributed by atoms with Gasteiger partial charge in [0.2, 0.25) is 0 Å². The molecule has 1 unspecified atom stereocenters. The summed E-state index contributed by atoms with van der Waals surface area (Å²) < 4.78 is 2.90. The molecule has 28 heavy (non-hydrogen) atoms. The molecule has 5 heterocycles. The summed E-state index contributed by atoms with van der Waals surface area (Å²) in [5.41, 5.74) is -0.425. The molecule has 0 aromatic carbocycles. The lowest BCUT2D eigenvalue weighted by atomic mass is 9.85. The molecule has 1 saturated heterocycles. The number of aryl methyl sites for hydroxylation is 1. The van der Waals surface area contributed by atoms with Gasteiger partial charge in [-0.15, -0.1) is 22.7 Å². The second-order valence-electron chi connectivity index (χ2n) is 7.52. The quantitative estimate of drug-likeness (QED) is 0.595.